The van der Waals surface area contributed by atoms with E-state index in [-0.39, 0.29) is 11.1 Å². The number of hydrogen-bond acceptors (Lipinski definition) is 4. The van der Waals surface area contributed by atoms with Gasteiger partial charge in [0.15, 0.2) is 0 Å². The van der Waals surface area contributed by atoms with Crippen molar-refractivity contribution in [3.63, 3.8) is 0 Å². The molecule has 0 fully saturated rings. The molecule has 2 heterocycles. The lowest BCUT2D eigenvalue weighted by Crippen LogP contribution is -2.17. The van der Waals surface area contributed by atoms with E-state index in [2.05, 4.69) is 9.97 Å². The van der Waals surface area contributed by atoms with E-state index in [4.69, 9.17) is 0 Å². The number of pyridine rings is 2. The molecule has 0 atom stereocenters. The van der Waals surface area contributed by atoms with Crippen LogP contribution in [0.4, 0.5) is 11.4 Å². The maximum Gasteiger partial charge on any atom is 0.250 e. The SMILES string of the molecule is CN(C)c1cc(-c2cc(N(C)C)cc(=O)[nH]2)[nH]c(=O)c1. The highest BCUT2D eigenvalue weighted by atomic mass is 16.1. The van der Waals surface area contributed by atoms with Gasteiger partial charge in [-0.3, -0.25) is 9.59 Å². The molecule has 0 saturated heterocycles. The van der Waals surface area contributed by atoms with Crippen LogP contribution in [0.25, 0.3) is 11.4 Å². The van der Waals surface area contributed by atoms with Crippen LogP contribution in [-0.4, -0.2) is 38.2 Å². The van der Waals surface area contributed by atoms with Gasteiger partial charge in [0.2, 0.25) is 0 Å². The van der Waals surface area contributed by atoms with Gasteiger partial charge < -0.3 is 19.8 Å². The first-order chi connectivity index (χ1) is 9.36. The molecule has 0 aliphatic heterocycles. The van der Waals surface area contributed by atoms with Crippen molar-refractivity contribution < 1.29 is 0 Å². The molecule has 2 aromatic heterocycles. The third-order valence-corrected chi connectivity index (χ3v) is 2.98. The number of rotatable bonds is 3. The molecule has 2 aromatic rings. The molecule has 0 aromatic carbocycles. The minimum absolute atomic E-state index is 0.206. The van der Waals surface area contributed by atoms with Crippen molar-refractivity contribution in [2.45, 2.75) is 0 Å². The second-order valence-electron chi connectivity index (χ2n) is 5.02. The standard InChI is InChI=1S/C14H18N4O2/c1-17(2)9-5-11(15-13(19)7-9)12-6-10(18(3)4)8-14(20)16-12/h5-8H,1-4H3,(H,15,19)(H,16,20). The molecular formula is C14H18N4O2. The summed E-state index contributed by atoms with van der Waals surface area (Å²) in [6.07, 6.45) is 0. The zero-order chi connectivity index (χ0) is 14.9. The Labute approximate surface area is 116 Å². The summed E-state index contributed by atoms with van der Waals surface area (Å²) in [5, 5.41) is 0. The van der Waals surface area contributed by atoms with Gasteiger partial charge in [-0.05, 0) is 12.1 Å². The van der Waals surface area contributed by atoms with Gasteiger partial charge in [-0.1, -0.05) is 0 Å². The fraction of sp³-hybridized carbons (Fsp3) is 0.286. The zero-order valence-electron chi connectivity index (χ0n) is 12.0. The van der Waals surface area contributed by atoms with Crippen LogP contribution < -0.4 is 20.9 Å². The highest BCUT2D eigenvalue weighted by Gasteiger charge is 2.07. The van der Waals surface area contributed by atoms with E-state index in [0.29, 0.717) is 11.4 Å². The third-order valence-electron chi connectivity index (χ3n) is 2.98. The first-order valence-electron chi connectivity index (χ1n) is 6.20. The molecule has 0 radical (unpaired) electrons. The Hall–Kier alpha value is -2.50. The Kier molecular flexibility index (Phi) is 3.65. The number of anilines is 2. The van der Waals surface area contributed by atoms with Gasteiger partial charge in [-0.15, -0.1) is 0 Å². The summed E-state index contributed by atoms with van der Waals surface area (Å²) < 4.78 is 0. The molecule has 0 spiro atoms. The summed E-state index contributed by atoms with van der Waals surface area (Å²) in [6, 6.07) is 6.67. The molecular weight excluding hydrogens is 256 g/mol. The number of nitrogens with one attached hydrogen (secondary N) is 2. The molecule has 0 aliphatic rings. The van der Waals surface area contributed by atoms with Crippen LogP contribution in [0.1, 0.15) is 0 Å². The molecule has 6 nitrogen and oxygen atoms in total. The zero-order valence-corrected chi connectivity index (χ0v) is 12.0. The first kappa shape index (κ1) is 13.9. The fourth-order valence-electron chi connectivity index (χ4n) is 1.86. The number of nitrogens with zero attached hydrogens (tertiary/aromatic N) is 2. The van der Waals surface area contributed by atoms with Crippen LogP contribution in [-0.2, 0) is 0 Å². The van der Waals surface area contributed by atoms with Gasteiger partial charge >= 0.3 is 0 Å². The highest BCUT2D eigenvalue weighted by molar-refractivity contribution is 5.64. The lowest BCUT2D eigenvalue weighted by molar-refractivity contribution is 1.09. The van der Waals surface area contributed by atoms with Crippen LogP contribution in [0.5, 0.6) is 0 Å². The quantitative estimate of drug-likeness (QED) is 0.871. The molecule has 0 aliphatic carbocycles. The first-order valence-corrected chi connectivity index (χ1v) is 6.20. The number of H-pyrrole nitrogens is 2. The third kappa shape index (κ3) is 2.90. The Balaban J connectivity index is 2.62. The molecule has 2 rings (SSSR count). The van der Waals surface area contributed by atoms with E-state index in [0.717, 1.165) is 11.4 Å². The predicted octanol–water partition coefficient (Wildman–Crippen LogP) is 0.862. The number of aromatic nitrogens is 2. The van der Waals surface area contributed by atoms with Gasteiger partial charge in [-0.2, -0.15) is 0 Å². The van der Waals surface area contributed by atoms with Crippen molar-refractivity contribution >= 4 is 11.4 Å². The normalized spacial score (nSPS) is 10.4. The van der Waals surface area contributed by atoms with Crippen LogP contribution in [0.2, 0.25) is 0 Å². The van der Waals surface area contributed by atoms with Crippen LogP contribution >= 0.6 is 0 Å². The Morgan fingerprint density at radius 2 is 1.05 bits per heavy atom. The Bertz CT molecular complexity index is 665. The van der Waals surface area contributed by atoms with Gasteiger partial charge in [-0.25, -0.2) is 0 Å². The van der Waals surface area contributed by atoms with E-state index in [1.54, 1.807) is 0 Å². The summed E-state index contributed by atoms with van der Waals surface area (Å²) >= 11 is 0. The van der Waals surface area contributed by atoms with Crippen LogP contribution in [0, 0.1) is 0 Å². The van der Waals surface area contributed by atoms with Gasteiger partial charge in [0, 0.05) is 51.7 Å². The van der Waals surface area contributed by atoms with Crippen molar-refractivity contribution in [3.8, 4) is 11.4 Å². The molecule has 0 bridgehead atoms. The van der Waals surface area contributed by atoms with Crippen molar-refractivity contribution in [2.24, 2.45) is 0 Å². The Morgan fingerprint density at radius 3 is 1.35 bits per heavy atom. The van der Waals surface area contributed by atoms with Crippen molar-refractivity contribution in [1.29, 1.82) is 0 Å². The average Bonchev–Trinajstić information content (AvgIpc) is 2.37. The van der Waals surface area contributed by atoms with Gasteiger partial charge in [0.1, 0.15) is 0 Å². The summed E-state index contributed by atoms with van der Waals surface area (Å²) in [6.45, 7) is 0. The molecule has 0 saturated carbocycles. The molecule has 106 valence electrons. The Morgan fingerprint density at radius 1 is 0.700 bits per heavy atom. The summed E-state index contributed by atoms with van der Waals surface area (Å²) in [5.41, 5.74) is 2.31. The number of hydrogen-bond donors (Lipinski definition) is 2. The number of aromatic amines is 2. The summed E-state index contributed by atoms with van der Waals surface area (Å²) in [5.74, 6) is 0. The minimum atomic E-state index is -0.206. The molecule has 2 N–H and O–H groups in total. The largest absolute Gasteiger partial charge is 0.377 e. The second kappa shape index (κ2) is 5.24. The fourth-order valence-corrected chi connectivity index (χ4v) is 1.86. The van der Waals surface area contributed by atoms with Crippen molar-refractivity contribution in [2.75, 3.05) is 38.0 Å². The minimum Gasteiger partial charge on any atom is -0.377 e. The van der Waals surface area contributed by atoms with Gasteiger partial charge in [0.25, 0.3) is 11.1 Å². The highest BCUT2D eigenvalue weighted by Crippen LogP contribution is 2.20. The average molecular weight is 274 g/mol. The maximum atomic E-state index is 11.7. The molecule has 0 unspecified atom stereocenters. The molecule has 20 heavy (non-hydrogen) atoms. The summed E-state index contributed by atoms with van der Waals surface area (Å²) in [7, 11) is 7.43. The topological polar surface area (TPSA) is 72.2 Å². The van der Waals surface area contributed by atoms with Crippen molar-refractivity contribution in [1.82, 2.24) is 9.97 Å². The molecule has 6 heteroatoms. The lowest BCUT2D eigenvalue weighted by atomic mass is 10.2. The van der Waals surface area contributed by atoms with E-state index >= 15 is 0 Å². The van der Waals surface area contributed by atoms with E-state index in [1.807, 2.05) is 50.1 Å². The maximum absolute atomic E-state index is 11.7. The van der Waals surface area contributed by atoms with E-state index in [9.17, 15) is 9.59 Å². The predicted molar refractivity (Wildman–Crippen MR) is 81.8 cm³/mol. The van der Waals surface area contributed by atoms with Crippen LogP contribution in [0.15, 0.2) is 33.9 Å². The van der Waals surface area contributed by atoms with Crippen molar-refractivity contribution in [3.05, 3.63) is 45.0 Å². The summed E-state index contributed by atoms with van der Waals surface area (Å²) in [4.78, 5) is 32.6. The van der Waals surface area contributed by atoms with E-state index in [1.165, 1.54) is 12.1 Å². The van der Waals surface area contributed by atoms with Crippen LogP contribution in [0.3, 0.4) is 0 Å². The lowest BCUT2D eigenvalue weighted by Gasteiger charge is -2.15. The monoisotopic (exact) mass is 274 g/mol. The second-order valence-corrected chi connectivity index (χ2v) is 5.02. The molecule has 0 amide bonds. The van der Waals surface area contributed by atoms with E-state index < -0.39 is 0 Å². The van der Waals surface area contributed by atoms with Gasteiger partial charge in [0.05, 0.1) is 11.4 Å². The smallest absolute Gasteiger partial charge is 0.250 e.